The number of para-hydroxylation sites is 1. The molecule has 1 aliphatic heterocycles. The summed E-state index contributed by atoms with van der Waals surface area (Å²) >= 11 is 1.53. The van der Waals surface area contributed by atoms with Crippen molar-refractivity contribution in [3.8, 4) is 5.75 Å². The summed E-state index contributed by atoms with van der Waals surface area (Å²) < 4.78 is 18.9. The SMILES string of the molecule is Cc1nnc(N2CC(NC(=O)C(C)Oc3ccccc3F)C2)s1. The summed E-state index contributed by atoms with van der Waals surface area (Å²) in [6.45, 7) is 4.88. The van der Waals surface area contributed by atoms with E-state index in [0.29, 0.717) is 13.1 Å². The minimum Gasteiger partial charge on any atom is -0.478 e. The Balaban J connectivity index is 1.47. The molecule has 2 heterocycles. The highest BCUT2D eigenvalue weighted by molar-refractivity contribution is 7.15. The van der Waals surface area contributed by atoms with Crippen LogP contribution in [0.25, 0.3) is 0 Å². The van der Waals surface area contributed by atoms with Gasteiger partial charge in [-0.25, -0.2) is 4.39 Å². The maximum absolute atomic E-state index is 13.5. The van der Waals surface area contributed by atoms with E-state index in [9.17, 15) is 9.18 Å². The van der Waals surface area contributed by atoms with Gasteiger partial charge in [0, 0.05) is 13.1 Å². The summed E-state index contributed by atoms with van der Waals surface area (Å²) in [5.74, 6) is -0.658. The normalized spacial score (nSPS) is 15.9. The van der Waals surface area contributed by atoms with Crippen molar-refractivity contribution >= 4 is 22.4 Å². The molecule has 6 nitrogen and oxygen atoms in total. The Bertz CT molecular complexity index is 702. The molecule has 8 heteroatoms. The molecule has 1 aliphatic rings. The molecule has 1 amide bonds. The Labute approximate surface area is 137 Å². The number of carbonyl (C=O) groups is 1. The Hall–Kier alpha value is -2.22. The number of anilines is 1. The minimum absolute atomic E-state index is 0.0402. The zero-order valence-corrected chi connectivity index (χ0v) is 13.6. The highest BCUT2D eigenvalue weighted by Gasteiger charge is 2.31. The number of aryl methyl sites for hydroxylation is 1. The first-order valence-corrected chi connectivity index (χ1v) is 8.11. The Kier molecular flexibility index (Phi) is 4.42. The quantitative estimate of drug-likeness (QED) is 0.901. The Morgan fingerprint density at radius 3 is 2.83 bits per heavy atom. The second kappa shape index (κ2) is 6.49. The summed E-state index contributed by atoms with van der Waals surface area (Å²) in [4.78, 5) is 14.2. The van der Waals surface area contributed by atoms with Gasteiger partial charge in [0.2, 0.25) is 5.13 Å². The minimum atomic E-state index is -0.760. The van der Waals surface area contributed by atoms with Crippen LogP contribution in [0.4, 0.5) is 9.52 Å². The van der Waals surface area contributed by atoms with Crippen LogP contribution >= 0.6 is 11.3 Å². The van der Waals surface area contributed by atoms with E-state index in [-0.39, 0.29) is 17.7 Å². The van der Waals surface area contributed by atoms with E-state index in [4.69, 9.17) is 4.74 Å². The highest BCUT2D eigenvalue weighted by Crippen LogP contribution is 2.24. The van der Waals surface area contributed by atoms with E-state index in [0.717, 1.165) is 10.1 Å². The fraction of sp³-hybridized carbons (Fsp3) is 0.400. The van der Waals surface area contributed by atoms with Gasteiger partial charge in [0.15, 0.2) is 17.7 Å². The van der Waals surface area contributed by atoms with Crippen molar-refractivity contribution < 1.29 is 13.9 Å². The van der Waals surface area contributed by atoms with Crippen molar-refractivity contribution in [2.24, 2.45) is 0 Å². The van der Waals surface area contributed by atoms with Gasteiger partial charge >= 0.3 is 0 Å². The van der Waals surface area contributed by atoms with Crippen LogP contribution in [0.15, 0.2) is 24.3 Å². The van der Waals surface area contributed by atoms with Crippen molar-refractivity contribution in [3.63, 3.8) is 0 Å². The van der Waals surface area contributed by atoms with Gasteiger partial charge in [-0.2, -0.15) is 0 Å². The Morgan fingerprint density at radius 2 is 2.17 bits per heavy atom. The number of aromatic nitrogens is 2. The predicted molar refractivity (Wildman–Crippen MR) is 85.3 cm³/mol. The molecule has 1 saturated heterocycles. The monoisotopic (exact) mass is 336 g/mol. The molecule has 0 bridgehead atoms. The van der Waals surface area contributed by atoms with Crippen LogP contribution in [-0.4, -0.2) is 41.3 Å². The molecule has 0 spiro atoms. The number of ether oxygens (including phenoxy) is 1. The molecule has 2 aromatic rings. The van der Waals surface area contributed by atoms with Gasteiger partial charge in [-0.05, 0) is 26.0 Å². The number of amides is 1. The predicted octanol–water partition coefficient (Wildman–Crippen LogP) is 1.76. The van der Waals surface area contributed by atoms with Crippen molar-refractivity contribution in [1.29, 1.82) is 0 Å². The molecule has 0 saturated carbocycles. The number of hydrogen-bond donors (Lipinski definition) is 1. The van der Waals surface area contributed by atoms with Crippen LogP contribution < -0.4 is 15.0 Å². The lowest BCUT2D eigenvalue weighted by atomic mass is 10.1. The fourth-order valence-corrected chi connectivity index (χ4v) is 2.95. The molecular weight excluding hydrogens is 319 g/mol. The molecule has 3 rings (SSSR count). The summed E-state index contributed by atoms with van der Waals surface area (Å²) in [6.07, 6.45) is -0.760. The first-order chi connectivity index (χ1) is 11.0. The molecule has 1 fully saturated rings. The molecule has 1 N–H and O–H groups in total. The average Bonchev–Trinajstić information content (AvgIpc) is 2.90. The number of rotatable bonds is 5. The van der Waals surface area contributed by atoms with Crippen molar-refractivity contribution in [1.82, 2.24) is 15.5 Å². The molecule has 23 heavy (non-hydrogen) atoms. The van der Waals surface area contributed by atoms with Gasteiger partial charge < -0.3 is 15.0 Å². The number of nitrogens with one attached hydrogen (secondary N) is 1. The van der Waals surface area contributed by atoms with Crippen LogP contribution in [0.5, 0.6) is 5.75 Å². The molecule has 1 aromatic heterocycles. The number of nitrogens with zero attached hydrogens (tertiary/aromatic N) is 3. The van der Waals surface area contributed by atoms with Crippen LogP contribution in [-0.2, 0) is 4.79 Å². The van der Waals surface area contributed by atoms with Crippen LogP contribution in [0.2, 0.25) is 0 Å². The number of benzene rings is 1. The van der Waals surface area contributed by atoms with Crippen LogP contribution in [0.3, 0.4) is 0 Å². The standard InChI is InChI=1S/C15H17FN4O2S/c1-9(22-13-6-4-3-5-12(13)16)14(21)17-11-7-20(8-11)15-19-18-10(2)23-15/h3-6,9,11H,7-8H2,1-2H3,(H,17,21). The summed E-state index contributed by atoms with van der Waals surface area (Å²) in [5, 5.41) is 12.7. The zero-order valence-electron chi connectivity index (χ0n) is 12.8. The van der Waals surface area contributed by atoms with E-state index in [1.54, 1.807) is 19.1 Å². The summed E-state index contributed by atoms with van der Waals surface area (Å²) in [5.41, 5.74) is 0. The zero-order chi connectivity index (χ0) is 16.4. The Morgan fingerprint density at radius 1 is 1.43 bits per heavy atom. The number of carbonyl (C=O) groups excluding carboxylic acids is 1. The highest BCUT2D eigenvalue weighted by atomic mass is 32.1. The largest absolute Gasteiger partial charge is 0.478 e. The number of hydrogen-bond acceptors (Lipinski definition) is 6. The number of halogens is 1. The maximum atomic E-state index is 13.5. The lowest BCUT2D eigenvalue weighted by Gasteiger charge is -2.39. The topological polar surface area (TPSA) is 67.4 Å². The smallest absolute Gasteiger partial charge is 0.261 e. The van der Waals surface area contributed by atoms with Gasteiger partial charge in [-0.3, -0.25) is 4.79 Å². The lowest BCUT2D eigenvalue weighted by Crippen LogP contribution is -2.61. The van der Waals surface area contributed by atoms with Gasteiger partial charge in [0.25, 0.3) is 5.91 Å². The second-order valence-corrected chi connectivity index (χ2v) is 6.56. The lowest BCUT2D eigenvalue weighted by molar-refractivity contribution is -0.128. The molecule has 1 aromatic carbocycles. The third-order valence-corrected chi connectivity index (χ3v) is 4.42. The fourth-order valence-electron chi connectivity index (χ4n) is 2.24. The third kappa shape index (κ3) is 3.58. The third-order valence-electron chi connectivity index (χ3n) is 3.52. The van der Waals surface area contributed by atoms with Crippen molar-refractivity contribution in [2.45, 2.75) is 26.0 Å². The summed E-state index contributed by atoms with van der Waals surface area (Å²) in [7, 11) is 0. The first-order valence-electron chi connectivity index (χ1n) is 7.29. The van der Waals surface area contributed by atoms with E-state index in [1.165, 1.54) is 23.5 Å². The van der Waals surface area contributed by atoms with Gasteiger partial charge in [-0.1, -0.05) is 23.5 Å². The second-order valence-electron chi connectivity index (χ2n) is 5.40. The molecule has 122 valence electrons. The molecule has 0 aliphatic carbocycles. The average molecular weight is 336 g/mol. The van der Waals surface area contributed by atoms with E-state index in [2.05, 4.69) is 20.4 Å². The maximum Gasteiger partial charge on any atom is 0.261 e. The van der Waals surface area contributed by atoms with E-state index in [1.807, 2.05) is 6.92 Å². The van der Waals surface area contributed by atoms with Crippen molar-refractivity contribution in [3.05, 3.63) is 35.1 Å². The van der Waals surface area contributed by atoms with Gasteiger partial charge in [-0.15, -0.1) is 10.2 Å². The molecule has 1 unspecified atom stereocenters. The van der Waals surface area contributed by atoms with E-state index >= 15 is 0 Å². The molecule has 0 radical (unpaired) electrons. The first kappa shape index (κ1) is 15.7. The van der Waals surface area contributed by atoms with Crippen molar-refractivity contribution in [2.75, 3.05) is 18.0 Å². The molecular formula is C15H17FN4O2S. The van der Waals surface area contributed by atoms with Gasteiger partial charge in [0.1, 0.15) is 5.01 Å². The van der Waals surface area contributed by atoms with E-state index < -0.39 is 11.9 Å². The van der Waals surface area contributed by atoms with Crippen LogP contribution in [0.1, 0.15) is 11.9 Å². The van der Waals surface area contributed by atoms with Gasteiger partial charge in [0.05, 0.1) is 6.04 Å². The summed E-state index contributed by atoms with van der Waals surface area (Å²) in [6, 6.07) is 6.08. The van der Waals surface area contributed by atoms with Crippen LogP contribution in [0, 0.1) is 12.7 Å². The molecule has 1 atom stereocenters.